The summed E-state index contributed by atoms with van der Waals surface area (Å²) >= 11 is 3.48. The topological polar surface area (TPSA) is 45.5 Å². The largest absolute Gasteiger partial charge is 0.396 e. The summed E-state index contributed by atoms with van der Waals surface area (Å²) in [7, 11) is 3.50. The van der Waals surface area contributed by atoms with Crippen molar-refractivity contribution in [2.75, 3.05) is 20.7 Å². The lowest BCUT2D eigenvalue weighted by atomic mass is 9.95. The quantitative estimate of drug-likeness (QED) is 0.918. The molecule has 4 nitrogen and oxygen atoms in total. The summed E-state index contributed by atoms with van der Waals surface area (Å²) in [6.07, 6.45) is 1.89. The van der Waals surface area contributed by atoms with Gasteiger partial charge in [-0.15, -0.1) is 0 Å². The van der Waals surface area contributed by atoms with Crippen LogP contribution in [0.25, 0.3) is 10.9 Å². The van der Waals surface area contributed by atoms with Gasteiger partial charge < -0.3 is 14.6 Å². The first-order valence-corrected chi connectivity index (χ1v) is 7.65. The molecule has 1 heterocycles. The molecular formula is C16H21BrN2O2. The molecule has 0 aliphatic heterocycles. The monoisotopic (exact) mass is 352 g/mol. The second-order valence-corrected chi connectivity index (χ2v) is 7.27. The molecule has 2 aromatic rings. The highest BCUT2D eigenvalue weighted by atomic mass is 79.9. The smallest absolute Gasteiger partial charge is 0.255 e. The number of aliphatic hydroxyl groups is 1. The lowest BCUT2D eigenvalue weighted by Crippen LogP contribution is -2.24. The Bertz CT molecular complexity index is 674. The number of aliphatic hydroxyl groups excluding tert-OH is 1. The summed E-state index contributed by atoms with van der Waals surface area (Å²) < 4.78 is 3.02. The number of nitrogens with zero attached hydrogens (tertiary/aromatic N) is 2. The van der Waals surface area contributed by atoms with E-state index in [4.69, 9.17) is 0 Å². The highest BCUT2D eigenvalue weighted by molar-refractivity contribution is 9.10. The van der Waals surface area contributed by atoms with E-state index in [0.717, 1.165) is 15.4 Å². The van der Waals surface area contributed by atoms with Crippen molar-refractivity contribution in [2.24, 2.45) is 5.41 Å². The number of benzene rings is 1. The van der Waals surface area contributed by atoms with E-state index in [1.165, 1.54) is 0 Å². The van der Waals surface area contributed by atoms with E-state index >= 15 is 0 Å². The van der Waals surface area contributed by atoms with Gasteiger partial charge >= 0.3 is 0 Å². The molecule has 0 atom stereocenters. The maximum absolute atomic E-state index is 12.3. The number of amides is 1. The van der Waals surface area contributed by atoms with Gasteiger partial charge in [0.2, 0.25) is 0 Å². The molecule has 0 aliphatic rings. The summed E-state index contributed by atoms with van der Waals surface area (Å²) in [4.78, 5) is 13.9. The van der Waals surface area contributed by atoms with Gasteiger partial charge in [-0.2, -0.15) is 0 Å². The van der Waals surface area contributed by atoms with Gasteiger partial charge in [0.25, 0.3) is 5.91 Å². The van der Waals surface area contributed by atoms with Gasteiger partial charge in [-0.05, 0) is 12.1 Å². The van der Waals surface area contributed by atoms with E-state index in [9.17, 15) is 9.90 Å². The summed E-state index contributed by atoms with van der Waals surface area (Å²) in [5.41, 5.74) is 1.44. The third-order valence-electron chi connectivity index (χ3n) is 3.51. The second kappa shape index (κ2) is 5.81. The molecule has 0 spiro atoms. The minimum Gasteiger partial charge on any atom is -0.396 e. The number of fused-ring (bicyclic) bond motifs is 1. The molecule has 1 amide bonds. The molecule has 21 heavy (non-hydrogen) atoms. The molecule has 0 fully saturated rings. The van der Waals surface area contributed by atoms with Crippen molar-refractivity contribution in [3.63, 3.8) is 0 Å². The zero-order valence-electron chi connectivity index (χ0n) is 12.9. The van der Waals surface area contributed by atoms with Crippen LogP contribution < -0.4 is 0 Å². The molecule has 0 radical (unpaired) electrons. The Kier molecular flexibility index (Phi) is 4.44. The Morgan fingerprint density at radius 2 is 2.05 bits per heavy atom. The van der Waals surface area contributed by atoms with Crippen molar-refractivity contribution in [1.29, 1.82) is 0 Å². The van der Waals surface area contributed by atoms with Crippen molar-refractivity contribution in [3.8, 4) is 0 Å². The average Bonchev–Trinajstić information content (AvgIpc) is 2.75. The van der Waals surface area contributed by atoms with Crippen LogP contribution in [-0.2, 0) is 6.54 Å². The molecular weight excluding hydrogens is 332 g/mol. The third-order valence-corrected chi connectivity index (χ3v) is 4.00. The van der Waals surface area contributed by atoms with E-state index in [-0.39, 0.29) is 17.9 Å². The van der Waals surface area contributed by atoms with Gasteiger partial charge in [0.05, 0.1) is 5.56 Å². The predicted octanol–water partition coefficient (Wildman–Crippen LogP) is 3.12. The van der Waals surface area contributed by atoms with Crippen LogP contribution in [0.2, 0.25) is 0 Å². The van der Waals surface area contributed by atoms with Gasteiger partial charge in [-0.25, -0.2) is 0 Å². The van der Waals surface area contributed by atoms with Crippen LogP contribution in [0.4, 0.5) is 0 Å². The van der Waals surface area contributed by atoms with Crippen LogP contribution >= 0.6 is 15.9 Å². The molecule has 0 aliphatic carbocycles. The molecule has 5 heteroatoms. The molecule has 0 saturated heterocycles. The Morgan fingerprint density at radius 1 is 1.38 bits per heavy atom. The van der Waals surface area contributed by atoms with Crippen molar-refractivity contribution in [3.05, 3.63) is 34.4 Å². The summed E-state index contributed by atoms with van der Waals surface area (Å²) in [6.45, 7) is 4.75. The van der Waals surface area contributed by atoms with Crippen LogP contribution in [0.5, 0.6) is 0 Å². The van der Waals surface area contributed by atoms with Gasteiger partial charge in [0.1, 0.15) is 0 Å². The van der Waals surface area contributed by atoms with Gasteiger partial charge in [-0.3, -0.25) is 4.79 Å². The molecule has 1 aromatic heterocycles. The molecule has 114 valence electrons. The van der Waals surface area contributed by atoms with Crippen LogP contribution in [0, 0.1) is 5.41 Å². The highest BCUT2D eigenvalue weighted by Crippen LogP contribution is 2.28. The second-order valence-electron chi connectivity index (χ2n) is 6.35. The maximum atomic E-state index is 12.3. The molecule has 0 unspecified atom stereocenters. The normalized spacial score (nSPS) is 11.9. The predicted molar refractivity (Wildman–Crippen MR) is 88.5 cm³/mol. The first kappa shape index (κ1) is 16.0. The standard InChI is InChI=1S/C16H21BrN2O2/c1-16(2,10-20)9-19-8-13(15(21)18(3)4)12-6-5-11(17)7-14(12)19/h5-8,20H,9-10H2,1-4H3. The van der Waals surface area contributed by atoms with E-state index in [2.05, 4.69) is 15.9 Å². The third kappa shape index (κ3) is 3.30. The van der Waals surface area contributed by atoms with E-state index in [0.29, 0.717) is 12.1 Å². The first-order chi connectivity index (χ1) is 9.75. The van der Waals surface area contributed by atoms with Gasteiger partial charge in [0, 0.05) is 54.2 Å². The van der Waals surface area contributed by atoms with Crippen LogP contribution in [0.3, 0.4) is 0 Å². The number of hydrogen-bond donors (Lipinski definition) is 1. The number of aromatic nitrogens is 1. The molecule has 2 rings (SSSR count). The Balaban J connectivity index is 2.60. The lowest BCUT2D eigenvalue weighted by Gasteiger charge is -2.22. The number of hydrogen-bond acceptors (Lipinski definition) is 2. The number of rotatable bonds is 4. The van der Waals surface area contributed by atoms with E-state index in [1.54, 1.807) is 19.0 Å². The fraction of sp³-hybridized carbons (Fsp3) is 0.438. The summed E-state index contributed by atoms with van der Waals surface area (Å²) in [5, 5.41) is 10.4. The van der Waals surface area contributed by atoms with E-state index < -0.39 is 0 Å². The average molecular weight is 353 g/mol. The summed E-state index contributed by atoms with van der Waals surface area (Å²) in [6, 6.07) is 5.91. The Hall–Kier alpha value is -1.33. The number of carbonyl (C=O) groups is 1. The number of halogens is 1. The van der Waals surface area contributed by atoms with Crippen molar-refractivity contribution >= 4 is 32.7 Å². The van der Waals surface area contributed by atoms with Crippen LogP contribution in [0.1, 0.15) is 24.2 Å². The van der Waals surface area contributed by atoms with Crippen molar-refractivity contribution < 1.29 is 9.90 Å². The zero-order chi connectivity index (χ0) is 15.8. The zero-order valence-corrected chi connectivity index (χ0v) is 14.4. The van der Waals surface area contributed by atoms with Gasteiger partial charge in [-0.1, -0.05) is 35.8 Å². The Morgan fingerprint density at radius 3 is 2.62 bits per heavy atom. The SMILES string of the molecule is CN(C)C(=O)c1cn(CC(C)(C)CO)c2cc(Br)ccc12. The number of carbonyl (C=O) groups excluding carboxylic acids is 1. The lowest BCUT2D eigenvalue weighted by molar-refractivity contribution is 0.0829. The van der Waals surface area contributed by atoms with Crippen LogP contribution in [-0.4, -0.2) is 41.2 Å². The molecule has 1 N–H and O–H groups in total. The van der Waals surface area contributed by atoms with Crippen LogP contribution in [0.15, 0.2) is 28.9 Å². The van der Waals surface area contributed by atoms with Crippen molar-refractivity contribution in [1.82, 2.24) is 9.47 Å². The van der Waals surface area contributed by atoms with Gasteiger partial charge in [0.15, 0.2) is 0 Å². The molecule has 1 aromatic carbocycles. The fourth-order valence-electron chi connectivity index (χ4n) is 2.32. The Labute approximate surface area is 133 Å². The van der Waals surface area contributed by atoms with E-state index in [1.807, 2.05) is 42.8 Å². The summed E-state index contributed by atoms with van der Waals surface area (Å²) in [5.74, 6) is -0.0112. The fourth-order valence-corrected chi connectivity index (χ4v) is 2.67. The highest BCUT2D eigenvalue weighted by Gasteiger charge is 2.22. The molecule has 0 bridgehead atoms. The first-order valence-electron chi connectivity index (χ1n) is 6.86. The maximum Gasteiger partial charge on any atom is 0.255 e. The minimum atomic E-state index is -0.243. The minimum absolute atomic E-state index is 0.0112. The molecule has 0 saturated carbocycles. The van der Waals surface area contributed by atoms with Crippen molar-refractivity contribution in [2.45, 2.75) is 20.4 Å².